The monoisotopic (exact) mass is 462 g/mol. The van der Waals surface area contributed by atoms with Crippen LogP contribution in [0.3, 0.4) is 0 Å². The third kappa shape index (κ3) is 5.57. The van der Waals surface area contributed by atoms with Crippen LogP contribution in [-0.4, -0.2) is 61.0 Å². The van der Waals surface area contributed by atoms with Crippen molar-refractivity contribution in [3.8, 4) is 22.8 Å². The number of aryl methyl sites for hydroxylation is 1. The van der Waals surface area contributed by atoms with E-state index in [1.54, 1.807) is 20.3 Å². The van der Waals surface area contributed by atoms with Crippen LogP contribution >= 0.6 is 0 Å². The van der Waals surface area contributed by atoms with Gasteiger partial charge in [0.15, 0.2) is 0 Å². The van der Waals surface area contributed by atoms with E-state index in [1.165, 1.54) is 10.7 Å². The average molecular weight is 463 g/mol. The number of hydrogen-bond acceptors (Lipinski definition) is 6. The van der Waals surface area contributed by atoms with Crippen molar-refractivity contribution in [2.45, 2.75) is 19.4 Å². The minimum Gasteiger partial charge on any atom is -0.497 e. The van der Waals surface area contributed by atoms with Gasteiger partial charge in [-0.3, -0.25) is 9.59 Å². The summed E-state index contributed by atoms with van der Waals surface area (Å²) >= 11 is 0. The van der Waals surface area contributed by atoms with E-state index in [4.69, 9.17) is 9.47 Å². The molecule has 3 aromatic rings. The highest BCUT2D eigenvalue weighted by atomic mass is 16.5. The summed E-state index contributed by atoms with van der Waals surface area (Å²) in [7, 11) is 3.28. The van der Waals surface area contributed by atoms with E-state index in [0.717, 1.165) is 35.8 Å². The van der Waals surface area contributed by atoms with Gasteiger partial charge in [0.1, 0.15) is 11.5 Å². The molecule has 0 aliphatic carbocycles. The van der Waals surface area contributed by atoms with Crippen LogP contribution in [0.25, 0.3) is 11.3 Å². The van der Waals surface area contributed by atoms with Crippen molar-refractivity contribution in [3.63, 3.8) is 0 Å². The van der Waals surface area contributed by atoms with Gasteiger partial charge >= 0.3 is 0 Å². The highest BCUT2D eigenvalue weighted by Gasteiger charge is 2.21. The fourth-order valence-corrected chi connectivity index (χ4v) is 4.07. The second-order valence-corrected chi connectivity index (χ2v) is 8.18. The molecule has 0 atom stereocenters. The summed E-state index contributed by atoms with van der Waals surface area (Å²) < 4.78 is 11.8. The molecule has 2 heterocycles. The van der Waals surface area contributed by atoms with Gasteiger partial charge in [-0.2, -0.15) is 5.10 Å². The Morgan fingerprint density at radius 3 is 2.09 bits per heavy atom. The zero-order chi connectivity index (χ0) is 23.9. The zero-order valence-electron chi connectivity index (χ0n) is 19.6. The number of piperazine rings is 1. The number of aromatic nitrogens is 2. The number of carbonyl (C=O) groups excluding carboxylic acids is 1. The van der Waals surface area contributed by atoms with Crippen LogP contribution in [0.2, 0.25) is 0 Å². The van der Waals surface area contributed by atoms with Crippen molar-refractivity contribution in [1.82, 2.24) is 14.7 Å². The molecule has 0 N–H and O–H groups in total. The van der Waals surface area contributed by atoms with Crippen LogP contribution in [0, 0.1) is 0 Å². The molecule has 1 aliphatic rings. The number of anilines is 1. The van der Waals surface area contributed by atoms with Gasteiger partial charge in [-0.25, -0.2) is 4.68 Å². The summed E-state index contributed by atoms with van der Waals surface area (Å²) in [5, 5.41) is 4.49. The topological polar surface area (TPSA) is 76.9 Å². The quantitative estimate of drug-likeness (QED) is 0.512. The smallest absolute Gasteiger partial charge is 0.266 e. The Morgan fingerprint density at radius 2 is 1.47 bits per heavy atom. The number of carbonyl (C=O) groups is 1. The van der Waals surface area contributed by atoms with Gasteiger partial charge in [0.25, 0.3) is 5.56 Å². The zero-order valence-corrected chi connectivity index (χ0v) is 19.6. The van der Waals surface area contributed by atoms with Gasteiger partial charge in [0, 0.05) is 56.5 Å². The lowest BCUT2D eigenvalue weighted by Gasteiger charge is -2.36. The molecule has 4 rings (SSSR count). The number of hydrogen-bond donors (Lipinski definition) is 0. The van der Waals surface area contributed by atoms with E-state index in [9.17, 15) is 9.59 Å². The second-order valence-electron chi connectivity index (χ2n) is 8.18. The fourth-order valence-electron chi connectivity index (χ4n) is 4.07. The number of benzene rings is 2. The van der Waals surface area contributed by atoms with Crippen LogP contribution in [0.4, 0.5) is 5.69 Å². The molecule has 8 nitrogen and oxygen atoms in total. The third-order valence-electron chi connectivity index (χ3n) is 6.08. The average Bonchev–Trinajstić information content (AvgIpc) is 2.90. The van der Waals surface area contributed by atoms with Crippen molar-refractivity contribution in [2.24, 2.45) is 0 Å². The molecule has 1 aliphatic heterocycles. The Kier molecular flexibility index (Phi) is 7.47. The largest absolute Gasteiger partial charge is 0.497 e. The SMILES string of the molecule is COc1ccc(-c2ccc(=O)n(CCCC(=O)N3CCN(c4ccc(OC)cc4)CC3)n2)cc1. The lowest BCUT2D eigenvalue weighted by Crippen LogP contribution is -2.48. The Hall–Kier alpha value is -3.81. The highest BCUT2D eigenvalue weighted by Crippen LogP contribution is 2.21. The van der Waals surface area contributed by atoms with Gasteiger partial charge in [0.05, 0.1) is 19.9 Å². The van der Waals surface area contributed by atoms with Crippen LogP contribution in [-0.2, 0) is 11.3 Å². The number of rotatable bonds is 8. The van der Waals surface area contributed by atoms with E-state index >= 15 is 0 Å². The molecule has 34 heavy (non-hydrogen) atoms. The molecular weight excluding hydrogens is 432 g/mol. The summed E-state index contributed by atoms with van der Waals surface area (Å²) in [4.78, 5) is 29.2. The van der Waals surface area contributed by atoms with Crippen LogP contribution in [0.5, 0.6) is 11.5 Å². The Bertz CT molecular complexity index is 1150. The van der Waals surface area contributed by atoms with Crippen LogP contribution < -0.4 is 19.9 Å². The van der Waals surface area contributed by atoms with Gasteiger partial charge in [0.2, 0.25) is 5.91 Å². The predicted molar refractivity (Wildman–Crippen MR) is 132 cm³/mol. The van der Waals surface area contributed by atoms with Crippen molar-refractivity contribution in [3.05, 3.63) is 71.0 Å². The number of nitrogens with zero attached hydrogens (tertiary/aromatic N) is 4. The van der Waals surface area contributed by atoms with Crippen molar-refractivity contribution in [1.29, 1.82) is 0 Å². The van der Waals surface area contributed by atoms with Crippen molar-refractivity contribution < 1.29 is 14.3 Å². The molecule has 2 aromatic carbocycles. The summed E-state index contributed by atoms with van der Waals surface area (Å²) in [5.74, 6) is 1.72. The molecule has 1 fully saturated rings. The van der Waals surface area contributed by atoms with E-state index in [0.29, 0.717) is 38.2 Å². The fraction of sp³-hybridized carbons (Fsp3) is 0.346. The Morgan fingerprint density at radius 1 is 0.853 bits per heavy atom. The van der Waals surface area contributed by atoms with Crippen molar-refractivity contribution in [2.75, 3.05) is 45.3 Å². The highest BCUT2D eigenvalue weighted by molar-refractivity contribution is 5.76. The Labute approximate surface area is 199 Å². The third-order valence-corrected chi connectivity index (χ3v) is 6.08. The molecule has 0 spiro atoms. The molecule has 0 bridgehead atoms. The normalized spacial score (nSPS) is 13.6. The van der Waals surface area contributed by atoms with E-state index in [2.05, 4.69) is 10.00 Å². The molecule has 1 aromatic heterocycles. The van der Waals surface area contributed by atoms with Crippen LogP contribution in [0.1, 0.15) is 12.8 Å². The molecular formula is C26H30N4O4. The van der Waals surface area contributed by atoms with E-state index in [-0.39, 0.29) is 11.5 Å². The maximum absolute atomic E-state index is 12.7. The molecule has 1 saturated heterocycles. The maximum Gasteiger partial charge on any atom is 0.266 e. The Balaban J connectivity index is 1.28. The molecule has 0 unspecified atom stereocenters. The number of amides is 1. The lowest BCUT2D eigenvalue weighted by atomic mass is 10.1. The lowest BCUT2D eigenvalue weighted by molar-refractivity contribution is -0.131. The second kappa shape index (κ2) is 10.9. The van der Waals surface area contributed by atoms with E-state index < -0.39 is 0 Å². The first-order chi connectivity index (χ1) is 16.6. The standard InChI is InChI=1S/C26H30N4O4/c1-33-22-9-5-20(6-10-22)24-13-14-26(32)30(27-24)15-3-4-25(31)29-18-16-28(17-19-29)21-7-11-23(34-2)12-8-21/h5-14H,3-4,15-19H2,1-2H3. The van der Waals surface area contributed by atoms with Gasteiger partial charge in [-0.15, -0.1) is 0 Å². The molecule has 178 valence electrons. The minimum atomic E-state index is -0.169. The number of ether oxygens (including phenoxy) is 2. The summed E-state index contributed by atoms with van der Waals surface area (Å²) in [6.07, 6.45) is 0.958. The predicted octanol–water partition coefficient (Wildman–Crippen LogP) is 3.06. The van der Waals surface area contributed by atoms with E-state index in [1.807, 2.05) is 53.4 Å². The molecule has 0 radical (unpaired) electrons. The molecule has 1 amide bonds. The summed E-state index contributed by atoms with van der Waals surface area (Å²) in [6.45, 7) is 3.37. The van der Waals surface area contributed by atoms with Crippen molar-refractivity contribution >= 4 is 11.6 Å². The molecule has 0 saturated carbocycles. The van der Waals surface area contributed by atoms with Gasteiger partial charge in [-0.05, 0) is 61.0 Å². The first-order valence-electron chi connectivity index (χ1n) is 11.5. The maximum atomic E-state index is 12.7. The summed E-state index contributed by atoms with van der Waals surface area (Å²) in [5.41, 5.74) is 2.58. The minimum absolute atomic E-state index is 0.119. The number of methoxy groups -OCH3 is 2. The first-order valence-corrected chi connectivity index (χ1v) is 11.5. The summed E-state index contributed by atoms with van der Waals surface area (Å²) in [6, 6.07) is 18.8. The van der Waals surface area contributed by atoms with Gasteiger partial charge in [-0.1, -0.05) is 0 Å². The van der Waals surface area contributed by atoms with Gasteiger partial charge < -0.3 is 19.3 Å². The first kappa shape index (κ1) is 23.4. The van der Waals surface area contributed by atoms with Crippen LogP contribution in [0.15, 0.2) is 65.5 Å². The molecule has 8 heteroatoms.